The van der Waals surface area contributed by atoms with Crippen molar-refractivity contribution in [2.24, 2.45) is 5.73 Å². The van der Waals surface area contributed by atoms with Gasteiger partial charge in [-0.3, -0.25) is 14.0 Å². The highest BCUT2D eigenvalue weighted by atomic mass is 19.1. The molecular weight excluding hydrogens is 301 g/mol. The van der Waals surface area contributed by atoms with Crippen molar-refractivity contribution < 1.29 is 14.0 Å². The predicted octanol–water partition coefficient (Wildman–Crippen LogP) is 0.0696. The number of nitrogens with zero attached hydrogens (tertiary/aromatic N) is 3. The minimum absolute atomic E-state index is 0.198. The maximum atomic E-state index is 14.6. The van der Waals surface area contributed by atoms with Crippen LogP contribution in [0.4, 0.5) is 4.39 Å². The van der Waals surface area contributed by atoms with Crippen LogP contribution in [0.25, 0.3) is 5.65 Å². The second-order valence-corrected chi connectivity index (χ2v) is 5.70. The van der Waals surface area contributed by atoms with Crippen LogP contribution >= 0.6 is 0 Å². The van der Waals surface area contributed by atoms with Crippen LogP contribution in [0.3, 0.4) is 0 Å². The summed E-state index contributed by atoms with van der Waals surface area (Å²) >= 11 is 0. The van der Waals surface area contributed by atoms with Crippen LogP contribution in [0.15, 0.2) is 18.2 Å². The molecule has 1 aliphatic heterocycles. The van der Waals surface area contributed by atoms with Gasteiger partial charge in [0.25, 0.3) is 5.91 Å². The minimum atomic E-state index is -0.723. The maximum absolute atomic E-state index is 14.6. The molecular formula is C15H18FN5O2. The number of nitrogens with two attached hydrogens (primary N) is 1. The van der Waals surface area contributed by atoms with Crippen LogP contribution in [0.1, 0.15) is 22.6 Å². The Labute approximate surface area is 132 Å². The summed E-state index contributed by atoms with van der Waals surface area (Å²) in [6, 6.07) is 4.07. The van der Waals surface area contributed by atoms with Gasteiger partial charge < -0.3 is 16.0 Å². The number of hydrogen-bond donors (Lipinski definition) is 2. The number of carbonyl (C=O) groups excluding carboxylic acids is 2. The number of carbonyl (C=O) groups is 2. The molecule has 2 aromatic rings. The molecule has 2 aromatic heterocycles. The Kier molecular flexibility index (Phi) is 3.77. The number of hydrogen-bond acceptors (Lipinski definition) is 4. The molecule has 0 saturated carbocycles. The van der Waals surface area contributed by atoms with Crippen LogP contribution in [0.5, 0.6) is 0 Å². The van der Waals surface area contributed by atoms with Gasteiger partial charge in [0.15, 0.2) is 5.69 Å². The second-order valence-electron chi connectivity index (χ2n) is 5.70. The average Bonchev–Trinajstić information content (AvgIpc) is 3.07. The summed E-state index contributed by atoms with van der Waals surface area (Å²) in [6.07, 6.45) is 0.347. The third kappa shape index (κ3) is 2.44. The second kappa shape index (κ2) is 5.62. The van der Waals surface area contributed by atoms with Gasteiger partial charge in [-0.05, 0) is 25.5 Å². The Hall–Kier alpha value is -2.48. The van der Waals surface area contributed by atoms with E-state index in [4.69, 9.17) is 5.73 Å². The number of aromatic nitrogens is 2. The zero-order valence-electron chi connectivity index (χ0n) is 12.9. The van der Waals surface area contributed by atoms with E-state index >= 15 is 0 Å². The first kappa shape index (κ1) is 15.4. The van der Waals surface area contributed by atoms with Crippen molar-refractivity contribution >= 4 is 17.5 Å². The maximum Gasteiger partial charge on any atom is 0.277 e. The molecule has 8 heteroatoms. The monoisotopic (exact) mass is 319 g/mol. The van der Waals surface area contributed by atoms with Crippen molar-refractivity contribution in [2.45, 2.75) is 25.4 Å². The van der Waals surface area contributed by atoms with Gasteiger partial charge in [-0.1, -0.05) is 6.07 Å². The third-order valence-corrected chi connectivity index (χ3v) is 4.13. The van der Waals surface area contributed by atoms with Gasteiger partial charge in [-0.25, -0.2) is 4.98 Å². The lowest BCUT2D eigenvalue weighted by atomic mass is 10.1. The number of amides is 2. The molecule has 23 heavy (non-hydrogen) atoms. The van der Waals surface area contributed by atoms with E-state index in [2.05, 4.69) is 10.3 Å². The lowest BCUT2D eigenvalue weighted by Crippen LogP contribution is -2.45. The molecule has 0 spiro atoms. The Bertz CT molecular complexity index is 788. The Balaban J connectivity index is 2.01. The topological polar surface area (TPSA) is 92.7 Å². The number of rotatable bonds is 2. The predicted molar refractivity (Wildman–Crippen MR) is 81.4 cm³/mol. The number of likely N-dealkylation sites (tertiary alicyclic amines) is 1. The molecule has 0 radical (unpaired) electrons. The number of likely N-dealkylation sites (N-methyl/N-ethyl adjacent to an activating group) is 1. The number of fused-ring (bicyclic) bond motifs is 1. The molecule has 122 valence electrons. The normalized spacial score (nSPS) is 21.0. The first-order chi connectivity index (χ1) is 10.9. The molecule has 2 atom stereocenters. The first-order valence-corrected chi connectivity index (χ1v) is 7.35. The fraction of sp³-hybridized carbons (Fsp3) is 0.400. The van der Waals surface area contributed by atoms with Gasteiger partial charge in [-0.2, -0.15) is 4.39 Å². The highest BCUT2D eigenvalue weighted by Gasteiger charge is 2.40. The molecule has 1 aliphatic rings. The molecule has 3 heterocycles. The van der Waals surface area contributed by atoms with E-state index in [0.29, 0.717) is 17.8 Å². The van der Waals surface area contributed by atoms with E-state index in [-0.39, 0.29) is 24.2 Å². The van der Waals surface area contributed by atoms with Gasteiger partial charge in [0.2, 0.25) is 11.9 Å². The van der Waals surface area contributed by atoms with Gasteiger partial charge in [0.1, 0.15) is 11.7 Å². The Morgan fingerprint density at radius 2 is 2.17 bits per heavy atom. The Morgan fingerprint density at radius 3 is 2.83 bits per heavy atom. The molecule has 0 bridgehead atoms. The van der Waals surface area contributed by atoms with Crippen molar-refractivity contribution in [1.29, 1.82) is 0 Å². The Morgan fingerprint density at radius 1 is 1.43 bits per heavy atom. The average molecular weight is 319 g/mol. The van der Waals surface area contributed by atoms with Crippen molar-refractivity contribution in [2.75, 3.05) is 13.6 Å². The summed E-state index contributed by atoms with van der Waals surface area (Å²) in [5.74, 6) is -1.65. The number of aryl methyl sites for hydroxylation is 1. The van der Waals surface area contributed by atoms with Crippen molar-refractivity contribution in [3.8, 4) is 0 Å². The summed E-state index contributed by atoms with van der Waals surface area (Å²) in [5.41, 5.74) is 6.56. The largest absolute Gasteiger partial charge is 0.357 e. The van der Waals surface area contributed by atoms with Gasteiger partial charge in [-0.15, -0.1) is 0 Å². The molecule has 7 nitrogen and oxygen atoms in total. The van der Waals surface area contributed by atoms with Gasteiger partial charge >= 0.3 is 0 Å². The number of imidazole rings is 1. The van der Waals surface area contributed by atoms with Crippen molar-refractivity contribution in [1.82, 2.24) is 19.6 Å². The molecule has 3 N–H and O–H groups in total. The van der Waals surface area contributed by atoms with Crippen LogP contribution in [0.2, 0.25) is 0 Å². The number of halogens is 1. The fourth-order valence-corrected chi connectivity index (χ4v) is 2.99. The van der Waals surface area contributed by atoms with Gasteiger partial charge in [0, 0.05) is 25.3 Å². The minimum Gasteiger partial charge on any atom is -0.357 e. The van der Waals surface area contributed by atoms with E-state index in [1.54, 1.807) is 25.1 Å². The fourth-order valence-electron chi connectivity index (χ4n) is 2.99. The number of nitrogens with one attached hydrogen (secondary N) is 1. The smallest absolute Gasteiger partial charge is 0.277 e. The van der Waals surface area contributed by atoms with Crippen molar-refractivity contribution in [3.05, 3.63) is 35.5 Å². The van der Waals surface area contributed by atoms with Crippen LogP contribution in [-0.4, -0.2) is 51.8 Å². The van der Waals surface area contributed by atoms with Crippen LogP contribution in [-0.2, 0) is 4.79 Å². The summed E-state index contributed by atoms with van der Waals surface area (Å²) in [5, 5.41) is 2.51. The molecule has 1 fully saturated rings. The highest BCUT2D eigenvalue weighted by molar-refractivity contribution is 5.97. The van der Waals surface area contributed by atoms with E-state index in [9.17, 15) is 14.0 Å². The SMILES string of the molecule is CNC(=O)[C@@H]1C[C@@H](N)CN1C(=O)c1nc2cccc(C)n2c1F. The standard InChI is InChI=1S/C15H18FN5O2/c1-8-4-3-5-11-19-12(13(16)21(8)11)15(23)20-7-9(17)6-10(20)14(22)18-2/h3-5,9-10H,6-7,17H2,1-2H3,(H,18,22)/t9-,10+/m1/s1. The molecule has 2 amide bonds. The zero-order valence-corrected chi connectivity index (χ0v) is 12.9. The van der Waals surface area contributed by atoms with Gasteiger partial charge in [0.05, 0.1) is 0 Å². The van der Waals surface area contributed by atoms with E-state index in [1.807, 2.05) is 0 Å². The van der Waals surface area contributed by atoms with E-state index in [1.165, 1.54) is 16.3 Å². The summed E-state index contributed by atoms with van der Waals surface area (Å²) in [4.78, 5) is 30.0. The quantitative estimate of drug-likeness (QED) is 0.819. The summed E-state index contributed by atoms with van der Waals surface area (Å²) in [7, 11) is 1.49. The third-order valence-electron chi connectivity index (χ3n) is 4.13. The highest BCUT2D eigenvalue weighted by Crippen LogP contribution is 2.22. The molecule has 3 rings (SSSR count). The molecule has 0 unspecified atom stereocenters. The zero-order chi connectivity index (χ0) is 16.7. The molecule has 0 aromatic carbocycles. The first-order valence-electron chi connectivity index (χ1n) is 7.35. The van der Waals surface area contributed by atoms with Crippen LogP contribution in [0, 0.1) is 12.9 Å². The number of pyridine rings is 1. The lowest BCUT2D eigenvalue weighted by molar-refractivity contribution is -0.124. The molecule has 0 aliphatic carbocycles. The van der Waals surface area contributed by atoms with Crippen molar-refractivity contribution in [3.63, 3.8) is 0 Å². The summed E-state index contributed by atoms with van der Waals surface area (Å²) in [6.45, 7) is 1.92. The lowest BCUT2D eigenvalue weighted by Gasteiger charge is -2.22. The van der Waals surface area contributed by atoms with E-state index in [0.717, 1.165) is 0 Å². The summed E-state index contributed by atoms with van der Waals surface area (Å²) < 4.78 is 15.9. The van der Waals surface area contributed by atoms with E-state index < -0.39 is 17.9 Å². The molecule has 1 saturated heterocycles. The van der Waals surface area contributed by atoms with Crippen LogP contribution < -0.4 is 11.1 Å².